The van der Waals surface area contributed by atoms with Crippen LogP contribution in [0, 0.1) is 0 Å². The first-order valence-corrected chi connectivity index (χ1v) is 7.22. The fraction of sp³-hybridized carbons (Fsp3) is 0.929. The molecule has 0 atom stereocenters. The molecule has 0 aromatic rings. The van der Waals surface area contributed by atoms with Crippen molar-refractivity contribution in [1.29, 1.82) is 0 Å². The van der Waals surface area contributed by atoms with Crippen molar-refractivity contribution >= 4 is 18.4 Å². The molecule has 0 radical (unpaired) electrons. The SMILES string of the molecule is CCOC(=O)C1(N2CCCCC2)CCCCC1.Cl. The van der Waals surface area contributed by atoms with Crippen molar-refractivity contribution in [3.63, 3.8) is 0 Å². The van der Waals surface area contributed by atoms with Gasteiger partial charge in [0.15, 0.2) is 0 Å². The molecule has 0 N–H and O–H groups in total. The van der Waals surface area contributed by atoms with Crippen LogP contribution in [0.4, 0.5) is 0 Å². The van der Waals surface area contributed by atoms with Crippen LogP contribution in [0.1, 0.15) is 58.3 Å². The van der Waals surface area contributed by atoms with Crippen LogP contribution in [-0.4, -0.2) is 36.1 Å². The fourth-order valence-corrected chi connectivity index (χ4v) is 3.37. The molecular formula is C14H26ClNO2. The van der Waals surface area contributed by atoms with Crippen LogP contribution < -0.4 is 0 Å². The third-order valence-electron chi connectivity index (χ3n) is 4.30. The Morgan fingerprint density at radius 2 is 1.61 bits per heavy atom. The monoisotopic (exact) mass is 275 g/mol. The van der Waals surface area contributed by atoms with E-state index in [9.17, 15) is 4.79 Å². The van der Waals surface area contributed by atoms with Crippen molar-refractivity contribution in [2.75, 3.05) is 19.7 Å². The zero-order valence-electron chi connectivity index (χ0n) is 11.5. The van der Waals surface area contributed by atoms with E-state index in [1.807, 2.05) is 6.92 Å². The lowest BCUT2D eigenvalue weighted by atomic mass is 9.79. The number of hydrogen-bond acceptors (Lipinski definition) is 3. The Morgan fingerprint density at radius 3 is 2.17 bits per heavy atom. The van der Waals surface area contributed by atoms with Gasteiger partial charge in [0.25, 0.3) is 0 Å². The summed E-state index contributed by atoms with van der Waals surface area (Å²) in [4.78, 5) is 14.8. The van der Waals surface area contributed by atoms with E-state index in [4.69, 9.17) is 4.74 Å². The van der Waals surface area contributed by atoms with Crippen molar-refractivity contribution < 1.29 is 9.53 Å². The Labute approximate surface area is 117 Å². The highest BCUT2D eigenvalue weighted by molar-refractivity contribution is 5.85. The summed E-state index contributed by atoms with van der Waals surface area (Å²) in [5, 5.41) is 0. The molecule has 2 rings (SSSR count). The van der Waals surface area contributed by atoms with Crippen LogP contribution >= 0.6 is 12.4 Å². The number of hydrogen-bond donors (Lipinski definition) is 0. The second-order valence-electron chi connectivity index (χ2n) is 5.36. The molecule has 18 heavy (non-hydrogen) atoms. The van der Waals surface area contributed by atoms with Crippen LogP contribution in [0.25, 0.3) is 0 Å². The van der Waals surface area contributed by atoms with E-state index >= 15 is 0 Å². The Bertz CT molecular complexity index is 259. The molecule has 106 valence electrons. The molecule has 0 bridgehead atoms. The summed E-state index contributed by atoms with van der Waals surface area (Å²) >= 11 is 0. The third-order valence-corrected chi connectivity index (χ3v) is 4.30. The number of likely N-dealkylation sites (tertiary alicyclic amines) is 1. The van der Waals surface area contributed by atoms with Crippen LogP contribution in [0.3, 0.4) is 0 Å². The van der Waals surface area contributed by atoms with Gasteiger partial charge in [-0.3, -0.25) is 9.69 Å². The summed E-state index contributed by atoms with van der Waals surface area (Å²) < 4.78 is 5.36. The highest BCUT2D eigenvalue weighted by atomic mass is 35.5. The smallest absolute Gasteiger partial charge is 0.326 e. The quantitative estimate of drug-likeness (QED) is 0.741. The van der Waals surface area contributed by atoms with Crippen LogP contribution in [0.15, 0.2) is 0 Å². The van der Waals surface area contributed by atoms with Gasteiger partial charge in [-0.25, -0.2) is 0 Å². The average Bonchev–Trinajstić information content (AvgIpc) is 2.41. The van der Waals surface area contributed by atoms with Crippen molar-refractivity contribution in [3.8, 4) is 0 Å². The van der Waals surface area contributed by atoms with Crippen LogP contribution in [0.2, 0.25) is 0 Å². The van der Waals surface area contributed by atoms with E-state index in [0.717, 1.165) is 25.9 Å². The molecule has 1 saturated heterocycles. The summed E-state index contributed by atoms with van der Waals surface area (Å²) in [5.74, 6) is 0.0431. The lowest BCUT2D eigenvalue weighted by Crippen LogP contribution is -2.58. The zero-order valence-corrected chi connectivity index (χ0v) is 12.3. The maximum Gasteiger partial charge on any atom is 0.326 e. The van der Waals surface area contributed by atoms with E-state index in [2.05, 4.69) is 4.90 Å². The number of halogens is 1. The number of carbonyl (C=O) groups excluding carboxylic acids is 1. The maximum absolute atomic E-state index is 12.4. The van der Waals surface area contributed by atoms with Gasteiger partial charge >= 0.3 is 5.97 Å². The molecule has 0 unspecified atom stereocenters. The minimum Gasteiger partial charge on any atom is -0.465 e. The summed E-state index contributed by atoms with van der Waals surface area (Å²) in [7, 11) is 0. The van der Waals surface area contributed by atoms with Crippen molar-refractivity contribution in [1.82, 2.24) is 4.90 Å². The van der Waals surface area contributed by atoms with E-state index in [1.54, 1.807) is 0 Å². The third kappa shape index (κ3) is 3.18. The Kier molecular flexibility index (Phi) is 6.44. The molecule has 1 aliphatic heterocycles. The van der Waals surface area contributed by atoms with Gasteiger partial charge in [-0.05, 0) is 45.7 Å². The highest BCUT2D eigenvalue weighted by Gasteiger charge is 2.45. The molecule has 0 aromatic carbocycles. The van der Waals surface area contributed by atoms with Gasteiger partial charge in [0, 0.05) is 0 Å². The van der Waals surface area contributed by atoms with E-state index in [-0.39, 0.29) is 23.9 Å². The lowest BCUT2D eigenvalue weighted by molar-refractivity contribution is -0.161. The van der Waals surface area contributed by atoms with Gasteiger partial charge in [0.05, 0.1) is 6.61 Å². The molecule has 2 fully saturated rings. The first-order chi connectivity index (χ1) is 8.29. The van der Waals surface area contributed by atoms with Gasteiger partial charge in [-0.2, -0.15) is 0 Å². The fourth-order valence-electron chi connectivity index (χ4n) is 3.37. The highest BCUT2D eigenvalue weighted by Crippen LogP contribution is 2.36. The van der Waals surface area contributed by atoms with Crippen LogP contribution in [0.5, 0.6) is 0 Å². The van der Waals surface area contributed by atoms with Gasteiger partial charge in [-0.1, -0.05) is 25.7 Å². The number of ether oxygens (including phenoxy) is 1. The molecule has 3 nitrogen and oxygen atoms in total. The molecule has 1 saturated carbocycles. The largest absolute Gasteiger partial charge is 0.465 e. The van der Waals surface area contributed by atoms with Gasteiger partial charge in [0.2, 0.25) is 0 Å². The minimum atomic E-state index is -0.269. The van der Waals surface area contributed by atoms with Crippen molar-refractivity contribution in [2.24, 2.45) is 0 Å². The average molecular weight is 276 g/mol. The molecule has 2 aliphatic rings. The zero-order chi connectivity index (χ0) is 12.1. The molecule has 0 spiro atoms. The molecule has 1 heterocycles. The molecule has 4 heteroatoms. The summed E-state index contributed by atoms with van der Waals surface area (Å²) in [6.45, 7) is 4.58. The number of nitrogens with zero attached hydrogens (tertiary/aromatic N) is 1. The van der Waals surface area contributed by atoms with Crippen molar-refractivity contribution in [3.05, 3.63) is 0 Å². The van der Waals surface area contributed by atoms with Gasteiger partial charge in [-0.15, -0.1) is 12.4 Å². The topological polar surface area (TPSA) is 29.5 Å². The number of esters is 1. The van der Waals surface area contributed by atoms with E-state index < -0.39 is 0 Å². The normalized spacial score (nSPS) is 24.1. The lowest BCUT2D eigenvalue weighted by Gasteiger charge is -2.45. The Morgan fingerprint density at radius 1 is 1.06 bits per heavy atom. The first-order valence-electron chi connectivity index (χ1n) is 7.22. The minimum absolute atomic E-state index is 0. The predicted molar refractivity (Wildman–Crippen MR) is 75.1 cm³/mol. The number of carbonyl (C=O) groups is 1. The summed E-state index contributed by atoms with van der Waals surface area (Å²) in [6.07, 6.45) is 9.43. The summed E-state index contributed by atoms with van der Waals surface area (Å²) in [5.41, 5.74) is -0.269. The van der Waals surface area contributed by atoms with Gasteiger partial charge < -0.3 is 4.74 Å². The number of rotatable bonds is 3. The summed E-state index contributed by atoms with van der Waals surface area (Å²) in [6, 6.07) is 0. The van der Waals surface area contributed by atoms with Gasteiger partial charge in [0.1, 0.15) is 5.54 Å². The maximum atomic E-state index is 12.4. The molecule has 0 aromatic heterocycles. The predicted octanol–water partition coefficient (Wildman–Crippen LogP) is 3.16. The van der Waals surface area contributed by atoms with Crippen LogP contribution in [-0.2, 0) is 9.53 Å². The standard InChI is InChI=1S/C14H25NO2.ClH/c1-2-17-13(16)14(9-5-3-6-10-14)15-11-7-4-8-12-15;/h2-12H2,1H3;1H. The molecule has 1 aliphatic carbocycles. The second kappa shape index (κ2) is 7.34. The number of piperidine rings is 1. The Balaban J connectivity index is 0.00000162. The van der Waals surface area contributed by atoms with E-state index in [0.29, 0.717) is 6.61 Å². The molecule has 0 amide bonds. The Hall–Kier alpha value is -0.280. The second-order valence-corrected chi connectivity index (χ2v) is 5.36. The van der Waals surface area contributed by atoms with Crippen molar-refractivity contribution in [2.45, 2.75) is 63.8 Å². The molecular weight excluding hydrogens is 250 g/mol. The first kappa shape index (κ1) is 15.8. The van der Waals surface area contributed by atoms with E-state index in [1.165, 1.54) is 38.5 Å².